The number of sulfonamides is 1. The van der Waals surface area contributed by atoms with E-state index >= 15 is 0 Å². The number of nitrogens with one attached hydrogen (secondary N) is 1. The molecule has 1 amide bonds. The standard InChI is InChI=1S/C19H14ClN3O3S/c1-2-13-7-8-15-17(22-13)10-14(11-18(15)27(21,25)26)23-19(24)9-12-5-3-4-6-16(12)20/h1,3-8,10-11H,9H2,(H,23,24)(H2,21,25,26). The number of anilines is 1. The molecule has 0 atom stereocenters. The van der Waals surface area contributed by atoms with Gasteiger partial charge in [-0.15, -0.1) is 6.42 Å². The van der Waals surface area contributed by atoms with Gasteiger partial charge >= 0.3 is 0 Å². The SMILES string of the molecule is C#Cc1ccc2c(S(N)(=O)=O)cc(NC(=O)Cc3ccccc3Cl)cc2n1. The minimum atomic E-state index is -4.04. The van der Waals surface area contributed by atoms with Crippen molar-refractivity contribution in [1.29, 1.82) is 0 Å². The van der Waals surface area contributed by atoms with Crippen molar-refractivity contribution >= 4 is 44.1 Å². The molecule has 0 unspecified atom stereocenters. The average molecular weight is 400 g/mol. The number of pyridine rings is 1. The number of rotatable bonds is 4. The number of nitrogens with two attached hydrogens (primary N) is 1. The van der Waals surface area contributed by atoms with Crippen molar-refractivity contribution in [2.24, 2.45) is 5.14 Å². The van der Waals surface area contributed by atoms with E-state index in [-0.39, 0.29) is 22.9 Å². The van der Waals surface area contributed by atoms with Crippen LogP contribution in [0.1, 0.15) is 11.3 Å². The quantitative estimate of drug-likeness (QED) is 0.658. The van der Waals surface area contributed by atoms with E-state index in [1.807, 2.05) is 0 Å². The van der Waals surface area contributed by atoms with Crippen molar-refractivity contribution in [2.45, 2.75) is 11.3 Å². The number of primary sulfonamides is 1. The molecule has 0 spiro atoms. The highest BCUT2D eigenvalue weighted by molar-refractivity contribution is 7.89. The zero-order valence-corrected chi connectivity index (χ0v) is 15.5. The molecule has 3 aromatic rings. The van der Waals surface area contributed by atoms with Crippen molar-refractivity contribution in [3.05, 3.63) is 64.8 Å². The molecule has 0 saturated heterocycles. The number of aromatic nitrogens is 1. The third-order valence-electron chi connectivity index (χ3n) is 3.82. The number of hydrogen-bond donors (Lipinski definition) is 2. The maximum absolute atomic E-state index is 12.4. The van der Waals surface area contributed by atoms with Crippen molar-refractivity contribution in [1.82, 2.24) is 4.98 Å². The molecular formula is C19H14ClN3O3S. The lowest BCUT2D eigenvalue weighted by Crippen LogP contribution is -2.17. The normalized spacial score (nSPS) is 11.1. The first-order valence-electron chi connectivity index (χ1n) is 7.75. The summed E-state index contributed by atoms with van der Waals surface area (Å²) in [6.45, 7) is 0. The molecule has 0 saturated carbocycles. The van der Waals surface area contributed by atoms with Crippen molar-refractivity contribution in [3.8, 4) is 12.3 Å². The molecule has 0 fully saturated rings. The molecule has 27 heavy (non-hydrogen) atoms. The number of hydrogen-bond acceptors (Lipinski definition) is 4. The Hall–Kier alpha value is -2.92. The highest BCUT2D eigenvalue weighted by Crippen LogP contribution is 2.26. The first kappa shape index (κ1) is 18.9. The summed E-state index contributed by atoms with van der Waals surface area (Å²) in [6, 6.07) is 12.8. The second-order valence-electron chi connectivity index (χ2n) is 5.74. The monoisotopic (exact) mass is 399 g/mol. The van der Waals surface area contributed by atoms with Gasteiger partial charge in [0, 0.05) is 16.1 Å². The van der Waals surface area contributed by atoms with E-state index in [9.17, 15) is 13.2 Å². The van der Waals surface area contributed by atoms with Crippen LogP contribution in [0.2, 0.25) is 5.02 Å². The van der Waals surface area contributed by atoms with E-state index in [0.717, 1.165) is 0 Å². The summed E-state index contributed by atoms with van der Waals surface area (Å²) in [7, 11) is -4.04. The number of amides is 1. The lowest BCUT2D eigenvalue weighted by Gasteiger charge is -2.11. The Bertz CT molecular complexity index is 1200. The molecule has 0 aliphatic carbocycles. The topological polar surface area (TPSA) is 102 Å². The van der Waals surface area contributed by atoms with Gasteiger partial charge in [0.15, 0.2) is 0 Å². The fraction of sp³-hybridized carbons (Fsp3) is 0.0526. The highest BCUT2D eigenvalue weighted by atomic mass is 35.5. The lowest BCUT2D eigenvalue weighted by molar-refractivity contribution is -0.115. The van der Waals surface area contributed by atoms with Gasteiger partial charge in [0.05, 0.1) is 16.8 Å². The van der Waals surface area contributed by atoms with Gasteiger partial charge in [-0.1, -0.05) is 35.7 Å². The van der Waals surface area contributed by atoms with Crippen LogP contribution in [0.3, 0.4) is 0 Å². The van der Waals surface area contributed by atoms with Crippen LogP contribution in [0.4, 0.5) is 5.69 Å². The second-order valence-corrected chi connectivity index (χ2v) is 7.68. The zero-order chi connectivity index (χ0) is 19.6. The van der Waals surface area contributed by atoms with E-state index in [2.05, 4.69) is 16.2 Å². The van der Waals surface area contributed by atoms with Crippen molar-refractivity contribution in [3.63, 3.8) is 0 Å². The molecule has 8 heteroatoms. The first-order valence-corrected chi connectivity index (χ1v) is 9.68. The molecule has 0 aliphatic rings. The smallest absolute Gasteiger partial charge is 0.238 e. The molecule has 136 valence electrons. The largest absolute Gasteiger partial charge is 0.326 e. The van der Waals surface area contributed by atoms with Crippen LogP contribution in [0.25, 0.3) is 10.9 Å². The van der Waals surface area contributed by atoms with Gasteiger partial charge < -0.3 is 5.32 Å². The number of fused-ring (bicyclic) bond motifs is 1. The molecule has 6 nitrogen and oxygen atoms in total. The lowest BCUT2D eigenvalue weighted by atomic mass is 10.1. The molecule has 3 rings (SSSR count). The van der Waals surface area contributed by atoms with E-state index in [0.29, 0.717) is 27.2 Å². The maximum atomic E-state index is 12.4. The Morgan fingerprint density at radius 3 is 2.63 bits per heavy atom. The van der Waals surface area contributed by atoms with Crippen molar-refractivity contribution < 1.29 is 13.2 Å². The molecule has 0 aliphatic heterocycles. The third-order valence-corrected chi connectivity index (χ3v) is 5.14. The van der Waals surface area contributed by atoms with E-state index in [1.54, 1.807) is 24.3 Å². The van der Waals surface area contributed by atoms with E-state index in [1.165, 1.54) is 24.3 Å². The number of benzene rings is 2. The van der Waals surface area contributed by atoms with Crippen molar-refractivity contribution in [2.75, 3.05) is 5.32 Å². The third kappa shape index (κ3) is 4.26. The molecule has 0 radical (unpaired) electrons. The summed E-state index contributed by atoms with van der Waals surface area (Å²) < 4.78 is 23.9. The number of nitrogens with zero attached hydrogens (tertiary/aromatic N) is 1. The maximum Gasteiger partial charge on any atom is 0.238 e. The van der Waals surface area contributed by atoms with Crippen LogP contribution in [-0.4, -0.2) is 19.3 Å². The number of carbonyl (C=O) groups is 1. The minimum absolute atomic E-state index is 0.0280. The molecule has 2 aromatic carbocycles. The van der Waals surface area contributed by atoms with Gasteiger partial charge in [-0.3, -0.25) is 4.79 Å². The van der Waals surface area contributed by atoms with Crippen LogP contribution in [-0.2, 0) is 21.2 Å². The Morgan fingerprint density at radius 1 is 1.22 bits per heavy atom. The summed E-state index contributed by atoms with van der Waals surface area (Å²) in [5.74, 6) is 2.02. The Kier molecular flexibility index (Phi) is 5.15. The fourth-order valence-corrected chi connectivity index (χ4v) is 3.58. The molecule has 1 aromatic heterocycles. The number of terminal acetylenes is 1. The van der Waals surface area contributed by atoms with Gasteiger partial charge in [-0.2, -0.15) is 0 Å². The first-order chi connectivity index (χ1) is 12.8. The van der Waals surface area contributed by atoms with Crippen LogP contribution in [0.5, 0.6) is 0 Å². The molecule has 1 heterocycles. The van der Waals surface area contributed by atoms with Gasteiger partial charge in [-0.05, 0) is 35.9 Å². The Labute approximate surface area is 161 Å². The van der Waals surface area contributed by atoms with Crippen LogP contribution < -0.4 is 10.5 Å². The molecule has 0 bridgehead atoms. The average Bonchev–Trinajstić information content (AvgIpc) is 2.61. The van der Waals surface area contributed by atoms with Gasteiger partial charge in [0.1, 0.15) is 5.69 Å². The van der Waals surface area contributed by atoms with Crippen LogP contribution in [0, 0.1) is 12.3 Å². The van der Waals surface area contributed by atoms with Gasteiger partial charge in [-0.25, -0.2) is 18.5 Å². The Morgan fingerprint density at radius 2 is 1.96 bits per heavy atom. The van der Waals surface area contributed by atoms with Crippen LogP contribution >= 0.6 is 11.6 Å². The number of carbonyl (C=O) groups excluding carboxylic acids is 1. The predicted molar refractivity (Wildman–Crippen MR) is 105 cm³/mol. The molecule has 3 N–H and O–H groups in total. The van der Waals surface area contributed by atoms with Gasteiger partial charge in [0.2, 0.25) is 15.9 Å². The van der Waals surface area contributed by atoms with E-state index < -0.39 is 10.0 Å². The zero-order valence-electron chi connectivity index (χ0n) is 13.9. The Balaban J connectivity index is 2.00. The van der Waals surface area contributed by atoms with E-state index in [4.69, 9.17) is 23.2 Å². The highest BCUT2D eigenvalue weighted by Gasteiger charge is 2.16. The second kappa shape index (κ2) is 7.37. The summed E-state index contributed by atoms with van der Waals surface area (Å²) >= 11 is 6.06. The summed E-state index contributed by atoms with van der Waals surface area (Å²) in [5, 5.41) is 8.75. The number of halogens is 1. The predicted octanol–water partition coefficient (Wildman–Crippen LogP) is 2.70. The minimum Gasteiger partial charge on any atom is -0.326 e. The van der Waals surface area contributed by atoms with Crippen LogP contribution in [0.15, 0.2) is 53.4 Å². The summed E-state index contributed by atoms with van der Waals surface area (Å²) in [6.07, 6.45) is 5.37. The molecular weight excluding hydrogens is 386 g/mol. The van der Waals surface area contributed by atoms with Gasteiger partial charge in [0.25, 0.3) is 0 Å². The fourth-order valence-electron chi connectivity index (χ4n) is 2.61. The summed E-state index contributed by atoms with van der Waals surface area (Å²) in [5.41, 5.74) is 1.54. The summed E-state index contributed by atoms with van der Waals surface area (Å²) in [4.78, 5) is 16.4.